The van der Waals surface area contributed by atoms with E-state index in [1.807, 2.05) is 63.1 Å². The zero-order valence-electron chi connectivity index (χ0n) is 27.4. The maximum Gasteiger partial charge on any atom is 0.462 e. The molecule has 248 valence electrons. The van der Waals surface area contributed by atoms with Gasteiger partial charge in [0.05, 0.1) is 39.8 Å². The highest BCUT2D eigenvalue weighted by Gasteiger charge is 2.43. The summed E-state index contributed by atoms with van der Waals surface area (Å²) < 4.78 is 42.4. The van der Waals surface area contributed by atoms with E-state index < -0.39 is 25.9 Å². The Bertz CT molecular complexity index is 1700. The summed E-state index contributed by atoms with van der Waals surface area (Å²) in [6.45, 7) is 14.4. The molecule has 0 bridgehead atoms. The lowest BCUT2D eigenvalue weighted by atomic mass is 9.99. The van der Waals surface area contributed by atoms with Crippen molar-refractivity contribution >= 4 is 62.6 Å². The quantitative estimate of drug-likeness (QED) is 0.0797. The number of aromatic nitrogens is 3. The summed E-state index contributed by atoms with van der Waals surface area (Å²) in [4.78, 5) is 22.6. The van der Waals surface area contributed by atoms with Crippen LogP contribution in [0.4, 0.5) is 5.82 Å². The van der Waals surface area contributed by atoms with Gasteiger partial charge < -0.3 is 24.3 Å². The minimum atomic E-state index is -4.19. The van der Waals surface area contributed by atoms with Crippen molar-refractivity contribution in [3.63, 3.8) is 0 Å². The smallest absolute Gasteiger partial charge is 0.462 e. The van der Waals surface area contributed by atoms with Gasteiger partial charge in [-0.1, -0.05) is 57.1 Å². The van der Waals surface area contributed by atoms with Gasteiger partial charge in [-0.05, 0) is 56.5 Å². The number of ether oxygens (including phenoxy) is 2. The topological polar surface area (TPSA) is 131 Å². The molecule has 11 nitrogen and oxygen atoms in total. The monoisotopic (exact) mass is 687 g/mol. The number of carbonyl (C=O) groups is 1. The second-order valence-corrected chi connectivity index (χ2v) is 15.5. The molecule has 0 aliphatic carbocycles. The van der Waals surface area contributed by atoms with Crippen LogP contribution in [0.1, 0.15) is 47.4 Å². The molecule has 0 aliphatic rings. The Morgan fingerprint density at radius 2 is 1.83 bits per heavy atom. The number of para-hydroxylation sites is 1. The van der Waals surface area contributed by atoms with Crippen LogP contribution in [-0.2, 0) is 36.5 Å². The fourth-order valence-electron chi connectivity index (χ4n) is 4.81. The number of halogens is 1. The first-order valence-electron chi connectivity index (χ1n) is 15.2. The minimum absolute atomic E-state index is 0.209. The number of rotatable bonds is 15. The largest absolute Gasteiger partial charge is 0.464 e. The van der Waals surface area contributed by atoms with E-state index in [0.29, 0.717) is 38.3 Å². The van der Waals surface area contributed by atoms with Crippen molar-refractivity contribution in [2.24, 2.45) is 5.41 Å². The molecule has 0 amide bonds. The minimum Gasteiger partial charge on any atom is -0.464 e. The van der Waals surface area contributed by atoms with E-state index in [-0.39, 0.29) is 37.1 Å². The molecule has 4 aromatic rings. The predicted octanol–water partition coefficient (Wildman–Crippen LogP) is 6.94. The summed E-state index contributed by atoms with van der Waals surface area (Å²) in [5.41, 5.74) is 8.17. The highest BCUT2D eigenvalue weighted by molar-refractivity contribution is 7.51. The van der Waals surface area contributed by atoms with Gasteiger partial charge in [-0.25, -0.2) is 14.5 Å². The Morgan fingerprint density at radius 1 is 1.13 bits per heavy atom. The van der Waals surface area contributed by atoms with Crippen LogP contribution in [0.2, 0.25) is 11.6 Å². The number of pyridine rings is 1. The molecule has 0 saturated heterocycles. The second-order valence-electron chi connectivity index (χ2n) is 12.2. The van der Waals surface area contributed by atoms with Gasteiger partial charge in [0, 0.05) is 23.2 Å². The highest BCUT2D eigenvalue weighted by Crippen LogP contribution is 2.54. The Hall–Kier alpha value is -2.99. The molecule has 1 unspecified atom stereocenters. The number of nitrogens with zero attached hydrogens (tertiary/aromatic N) is 4. The zero-order valence-corrected chi connectivity index (χ0v) is 30.1. The van der Waals surface area contributed by atoms with E-state index in [1.165, 1.54) is 4.67 Å². The van der Waals surface area contributed by atoms with Crippen molar-refractivity contribution in [3.8, 4) is 5.75 Å². The average molecular weight is 688 g/mol. The van der Waals surface area contributed by atoms with Gasteiger partial charge in [0.2, 0.25) is 0 Å². The van der Waals surface area contributed by atoms with E-state index in [1.54, 1.807) is 38.1 Å². The average Bonchev–Trinajstić information content (AvgIpc) is 3.36. The molecule has 3 atom stereocenters. The first-order valence-corrected chi connectivity index (χ1v) is 18.8. The number of anilines is 1. The zero-order chi connectivity index (χ0) is 33.6. The molecule has 2 radical (unpaired) electrons. The molecule has 46 heavy (non-hydrogen) atoms. The van der Waals surface area contributed by atoms with Crippen molar-refractivity contribution in [2.45, 2.75) is 73.4 Å². The first-order chi connectivity index (χ1) is 21.8. The van der Waals surface area contributed by atoms with Crippen molar-refractivity contribution in [1.29, 1.82) is 0 Å². The van der Waals surface area contributed by atoms with Crippen LogP contribution in [0, 0.1) is 5.41 Å². The van der Waals surface area contributed by atoms with Crippen molar-refractivity contribution < 1.29 is 27.9 Å². The van der Waals surface area contributed by atoms with E-state index >= 15 is 0 Å². The lowest BCUT2D eigenvalue weighted by Crippen LogP contribution is -2.42. The van der Waals surface area contributed by atoms with Crippen LogP contribution in [0.3, 0.4) is 0 Å². The molecule has 2 aromatic heterocycles. The molecular weight excluding hydrogens is 645 g/mol. The molecule has 0 saturated carbocycles. The summed E-state index contributed by atoms with van der Waals surface area (Å²) in [6, 6.07) is 13.3. The number of esters is 1. The molecular formula is C32H43ClN5O6PSi. The Kier molecular flexibility index (Phi) is 11.9. The van der Waals surface area contributed by atoms with Crippen molar-refractivity contribution in [2.75, 3.05) is 25.1 Å². The maximum absolute atomic E-state index is 15.0. The van der Waals surface area contributed by atoms with Gasteiger partial charge in [-0.15, -0.1) is 0 Å². The molecule has 0 aliphatic heterocycles. The SMILES string of the molecule is CCOCc1nc2c(N)nc3ccccc3c2n1C[C@@H](C)OP(=O)(Oc1ccc(Cl)cc1)N(C[Si]C)[C@@H](C)C(=O)OCC(C)(C)C. The Morgan fingerprint density at radius 3 is 2.48 bits per heavy atom. The van der Waals surface area contributed by atoms with Crippen molar-refractivity contribution in [3.05, 3.63) is 59.4 Å². The van der Waals surface area contributed by atoms with Crippen LogP contribution >= 0.6 is 19.3 Å². The van der Waals surface area contributed by atoms with Gasteiger partial charge in [-0.3, -0.25) is 9.32 Å². The summed E-state index contributed by atoms with van der Waals surface area (Å²) in [6.07, 6.45) is -0.413. The lowest BCUT2D eigenvalue weighted by Gasteiger charge is -2.35. The van der Waals surface area contributed by atoms with Crippen molar-refractivity contribution in [1.82, 2.24) is 19.2 Å². The van der Waals surface area contributed by atoms with Crippen LogP contribution in [0.25, 0.3) is 21.9 Å². The number of hydrogen-bond acceptors (Lipinski definition) is 9. The van der Waals surface area contributed by atoms with E-state index in [2.05, 4.69) is 4.98 Å². The number of fused-ring (bicyclic) bond motifs is 3. The molecule has 2 N–H and O–H groups in total. The fraction of sp³-hybridized carbons (Fsp3) is 0.469. The summed E-state index contributed by atoms with van der Waals surface area (Å²) >= 11 is 6.12. The highest BCUT2D eigenvalue weighted by atomic mass is 35.5. The summed E-state index contributed by atoms with van der Waals surface area (Å²) in [5.74, 6) is 0.692. The molecule has 2 heterocycles. The number of hydrogen-bond donors (Lipinski definition) is 1. The standard InChI is InChI=1S/C32H43ClN5O6PSi/c1-8-41-18-27-36-28-29(25-11-9-10-12-26(25)35-30(28)34)37(27)17-21(2)43-45(40,44-24-15-13-23(33)14-16-24)38(20-46-7)22(3)31(39)42-19-32(4,5)6/h9-16,21-22H,8,17-20H2,1-7H3,(H2,34,35)/t21-,22+,45?/m1/s1. The molecule has 4 rings (SSSR count). The predicted molar refractivity (Wildman–Crippen MR) is 183 cm³/mol. The maximum atomic E-state index is 15.0. The first kappa shape index (κ1) is 35.9. The molecule has 0 spiro atoms. The number of nitrogen functional groups attached to an aromatic ring is 1. The Labute approximate surface area is 278 Å². The van der Waals surface area contributed by atoms with Gasteiger partial charge in [0.25, 0.3) is 0 Å². The Balaban J connectivity index is 1.74. The summed E-state index contributed by atoms with van der Waals surface area (Å²) in [5, 5.41) is 1.36. The molecule has 0 fully saturated rings. The second kappa shape index (κ2) is 15.3. The van der Waals surface area contributed by atoms with Crippen LogP contribution in [0.5, 0.6) is 5.75 Å². The number of benzene rings is 2. The third kappa shape index (κ3) is 8.67. The third-order valence-corrected chi connectivity index (χ3v) is 10.3. The number of nitrogens with two attached hydrogens (primary N) is 1. The number of imidazole rings is 1. The van der Waals surface area contributed by atoms with Crippen LogP contribution in [0.15, 0.2) is 48.5 Å². The van der Waals surface area contributed by atoms with Crippen LogP contribution in [-0.4, -0.2) is 66.2 Å². The van der Waals surface area contributed by atoms with E-state index in [9.17, 15) is 9.36 Å². The summed E-state index contributed by atoms with van der Waals surface area (Å²) in [7, 11) is -3.89. The number of carbonyl (C=O) groups excluding carboxylic acids is 1. The van der Waals surface area contributed by atoms with E-state index in [0.717, 1.165) is 16.4 Å². The molecule has 14 heteroatoms. The van der Waals surface area contributed by atoms with Gasteiger partial charge in [0.1, 0.15) is 29.7 Å². The van der Waals surface area contributed by atoms with Gasteiger partial charge in [0.15, 0.2) is 5.82 Å². The van der Waals surface area contributed by atoms with Gasteiger partial charge in [-0.2, -0.15) is 4.67 Å². The van der Waals surface area contributed by atoms with Gasteiger partial charge >= 0.3 is 13.7 Å². The van der Waals surface area contributed by atoms with Crippen LogP contribution < -0.4 is 10.3 Å². The lowest BCUT2D eigenvalue weighted by molar-refractivity contribution is -0.150. The normalized spacial score (nSPS) is 14.8. The fourth-order valence-corrected chi connectivity index (χ4v) is 8.35. The third-order valence-electron chi connectivity index (χ3n) is 6.98. The van der Waals surface area contributed by atoms with E-state index in [4.69, 9.17) is 40.8 Å². The molecule has 2 aromatic carbocycles.